The Balaban J connectivity index is 1.69. The minimum Gasteiger partial charge on any atom is -0.385 e. The van der Waals surface area contributed by atoms with Crippen molar-refractivity contribution in [1.82, 2.24) is 4.90 Å². The lowest BCUT2D eigenvalue weighted by atomic mass is 10.1. The molecule has 92 valence electrons. The van der Waals surface area contributed by atoms with Crippen LogP contribution in [0.4, 0.5) is 5.69 Å². The minimum atomic E-state index is 0.285. The lowest BCUT2D eigenvalue weighted by Crippen LogP contribution is -2.36. The number of likely N-dealkylation sites (tertiary alicyclic amines) is 1. The molecule has 1 aromatic carbocycles. The predicted molar refractivity (Wildman–Crippen MR) is 70.0 cm³/mol. The molecule has 1 aliphatic rings. The number of nitrogens with one attached hydrogen (secondary N) is 1. The second-order valence-corrected chi connectivity index (χ2v) is 4.48. The lowest BCUT2D eigenvalue weighted by molar-refractivity contribution is -0.131. The highest BCUT2D eigenvalue weighted by atomic mass is 16.2. The molecule has 1 aromatic rings. The maximum absolute atomic E-state index is 11.9. The average Bonchev–Trinajstić information content (AvgIpc) is 2.41. The summed E-state index contributed by atoms with van der Waals surface area (Å²) >= 11 is 0. The van der Waals surface area contributed by atoms with Crippen molar-refractivity contribution >= 4 is 11.6 Å². The first kappa shape index (κ1) is 12.0. The van der Waals surface area contributed by atoms with E-state index in [0.717, 1.165) is 38.2 Å². The van der Waals surface area contributed by atoms with Gasteiger partial charge < -0.3 is 10.2 Å². The highest BCUT2D eigenvalue weighted by Crippen LogP contribution is 2.10. The molecule has 1 amide bonds. The second-order valence-electron chi connectivity index (χ2n) is 4.48. The van der Waals surface area contributed by atoms with Crippen molar-refractivity contribution < 1.29 is 4.79 Å². The molecule has 0 spiro atoms. The van der Waals surface area contributed by atoms with E-state index in [9.17, 15) is 4.79 Å². The molecule has 0 aromatic heterocycles. The summed E-state index contributed by atoms with van der Waals surface area (Å²) in [7, 11) is 0. The first-order chi connectivity index (χ1) is 8.36. The molecular formula is C14H20N2O. The molecule has 0 unspecified atom stereocenters. The van der Waals surface area contributed by atoms with Gasteiger partial charge in [-0.1, -0.05) is 18.2 Å². The number of anilines is 1. The van der Waals surface area contributed by atoms with Crippen molar-refractivity contribution in [2.45, 2.75) is 25.7 Å². The number of carbonyl (C=O) groups is 1. The van der Waals surface area contributed by atoms with Gasteiger partial charge in [0, 0.05) is 31.7 Å². The van der Waals surface area contributed by atoms with Gasteiger partial charge in [-0.25, -0.2) is 0 Å². The van der Waals surface area contributed by atoms with Crippen molar-refractivity contribution in [2.24, 2.45) is 0 Å². The van der Waals surface area contributed by atoms with Gasteiger partial charge in [-0.3, -0.25) is 4.79 Å². The molecule has 0 atom stereocenters. The quantitative estimate of drug-likeness (QED) is 0.865. The first-order valence-electron chi connectivity index (χ1n) is 6.43. The Labute approximate surface area is 103 Å². The largest absolute Gasteiger partial charge is 0.385 e. The number of benzene rings is 1. The van der Waals surface area contributed by atoms with Crippen LogP contribution in [0.25, 0.3) is 0 Å². The van der Waals surface area contributed by atoms with E-state index in [0.29, 0.717) is 6.42 Å². The van der Waals surface area contributed by atoms with Gasteiger partial charge in [0.05, 0.1) is 0 Å². The van der Waals surface area contributed by atoms with Crippen molar-refractivity contribution in [3.8, 4) is 0 Å². The zero-order valence-electron chi connectivity index (χ0n) is 10.2. The van der Waals surface area contributed by atoms with Crippen molar-refractivity contribution in [2.75, 3.05) is 25.0 Å². The molecule has 0 bridgehead atoms. The molecule has 0 aliphatic carbocycles. The normalized spacial score (nSPS) is 15.6. The fourth-order valence-corrected chi connectivity index (χ4v) is 2.17. The number of rotatable bonds is 4. The summed E-state index contributed by atoms with van der Waals surface area (Å²) < 4.78 is 0. The Morgan fingerprint density at radius 1 is 1.12 bits per heavy atom. The van der Waals surface area contributed by atoms with E-state index in [4.69, 9.17) is 0 Å². The molecule has 1 N–H and O–H groups in total. The smallest absolute Gasteiger partial charge is 0.224 e. The third-order valence-electron chi connectivity index (χ3n) is 3.15. The van der Waals surface area contributed by atoms with E-state index >= 15 is 0 Å². The monoisotopic (exact) mass is 232 g/mol. The zero-order chi connectivity index (χ0) is 11.9. The van der Waals surface area contributed by atoms with Crippen LogP contribution in [0, 0.1) is 0 Å². The Morgan fingerprint density at radius 3 is 2.53 bits per heavy atom. The third-order valence-corrected chi connectivity index (χ3v) is 3.15. The van der Waals surface area contributed by atoms with Crippen LogP contribution in [0.5, 0.6) is 0 Å². The fraction of sp³-hybridized carbons (Fsp3) is 0.500. The molecular weight excluding hydrogens is 212 g/mol. The highest BCUT2D eigenvalue weighted by molar-refractivity contribution is 5.76. The SMILES string of the molecule is O=C(CCNc1ccccc1)N1CCCCC1. The standard InChI is InChI=1S/C14H20N2O/c17-14(16-11-5-2-6-12-16)9-10-15-13-7-3-1-4-8-13/h1,3-4,7-8,15H,2,5-6,9-12H2. The number of piperidine rings is 1. The van der Waals surface area contributed by atoms with Gasteiger partial charge in [-0.05, 0) is 31.4 Å². The molecule has 3 heteroatoms. The van der Waals surface area contributed by atoms with Gasteiger partial charge in [-0.2, -0.15) is 0 Å². The van der Waals surface area contributed by atoms with E-state index in [-0.39, 0.29) is 5.91 Å². The van der Waals surface area contributed by atoms with Gasteiger partial charge >= 0.3 is 0 Å². The van der Waals surface area contributed by atoms with E-state index in [2.05, 4.69) is 5.32 Å². The summed E-state index contributed by atoms with van der Waals surface area (Å²) in [5.74, 6) is 0.285. The van der Waals surface area contributed by atoms with Crippen molar-refractivity contribution in [1.29, 1.82) is 0 Å². The number of hydrogen-bond acceptors (Lipinski definition) is 2. The molecule has 1 heterocycles. The summed E-state index contributed by atoms with van der Waals surface area (Å²) in [6.45, 7) is 2.62. The first-order valence-corrected chi connectivity index (χ1v) is 6.43. The van der Waals surface area contributed by atoms with E-state index < -0.39 is 0 Å². The molecule has 17 heavy (non-hydrogen) atoms. The second kappa shape index (κ2) is 6.28. The van der Waals surface area contributed by atoms with Crippen molar-refractivity contribution in [3.63, 3.8) is 0 Å². The number of hydrogen-bond donors (Lipinski definition) is 1. The highest BCUT2D eigenvalue weighted by Gasteiger charge is 2.15. The Bertz CT molecular complexity index is 344. The molecule has 0 radical (unpaired) electrons. The predicted octanol–water partition coefficient (Wildman–Crippen LogP) is 2.50. The van der Waals surface area contributed by atoms with Crippen LogP contribution in [0.2, 0.25) is 0 Å². The molecule has 1 fully saturated rings. The fourth-order valence-electron chi connectivity index (χ4n) is 2.17. The van der Waals surface area contributed by atoms with Gasteiger partial charge in [0.2, 0.25) is 5.91 Å². The van der Waals surface area contributed by atoms with Gasteiger partial charge in [0.1, 0.15) is 0 Å². The molecule has 2 rings (SSSR count). The summed E-state index contributed by atoms with van der Waals surface area (Å²) in [6.07, 6.45) is 4.19. The number of carbonyl (C=O) groups excluding carboxylic acids is 1. The summed E-state index contributed by atoms with van der Waals surface area (Å²) in [5, 5.41) is 3.27. The minimum absolute atomic E-state index is 0.285. The van der Waals surface area contributed by atoms with Crippen LogP contribution in [0.1, 0.15) is 25.7 Å². The van der Waals surface area contributed by atoms with Crippen LogP contribution >= 0.6 is 0 Å². The summed E-state index contributed by atoms with van der Waals surface area (Å²) in [5.41, 5.74) is 1.08. The maximum atomic E-state index is 11.9. The van der Waals surface area contributed by atoms with E-state index in [1.807, 2.05) is 35.2 Å². The van der Waals surface area contributed by atoms with E-state index in [1.165, 1.54) is 6.42 Å². The molecule has 3 nitrogen and oxygen atoms in total. The lowest BCUT2D eigenvalue weighted by Gasteiger charge is -2.26. The summed E-state index contributed by atoms with van der Waals surface area (Å²) in [6, 6.07) is 10.0. The van der Waals surface area contributed by atoms with Gasteiger partial charge in [0.15, 0.2) is 0 Å². The van der Waals surface area contributed by atoms with E-state index in [1.54, 1.807) is 0 Å². The Hall–Kier alpha value is -1.51. The van der Waals surface area contributed by atoms with Crippen LogP contribution in [-0.2, 0) is 4.79 Å². The van der Waals surface area contributed by atoms with Crippen LogP contribution < -0.4 is 5.32 Å². The zero-order valence-corrected chi connectivity index (χ0v) is 10.2. The van der Waals surface area contributed by atoms with Gasteiger partial charge in [-0.15, -0.1) is 0 Å². The average molecular weight is 232 g/mol. The summed E-state index contributed by atoms with van der Waals surface area (Å²) in [4.78, 5) is 13.9. The molecule has 1 saturated heterocycles. The number of nitrogens with zero attached hydrogens (tertiary/aromatic N) is 1. The topological polar surface area (TPSA) is 32.3 Å². The Morgan fingerprint density at radius 2 is 1.82 bits per heavy atom. The Kier molecular flexibility index (Phi) is 4.42. The molecule has 0 saturated carbocycles. The number of amides is 1. The maximum Gasteiger partial charge on any atom is 0.224 e. The third kappa shape index (κ3) is 3.77. The number of para-hydroxylation sites is 1. The van der Waals surface area contributed by atoms with Crippen LogP contribution in [0.15, 0.2) is 30.3 Å². The van der Waals surface area contributed by atoms with Crippen LogP contribution in [-0.4, -0.2) is 30.4 Å². The van der Waals surface area contributed by atoms with Gasteiger partial charge in [0.25, 0.3) is 0 Å². The van der Waals surface area contributed by atoms with Crippen molar-refractivity contribution in [3.05, 3.63) is 30.3 Å². The van der Waals surface area contributed by atoms with Crippen LogP contribution in [0.3, 0.4) is 0 Å². The molecule has 1 aliphatic heterocycles.